The highest BCUT2D eigenvalue weighted by atomic mass is 32.1. The average Bonchev–Trinajstić information content (AvgIpc) is 2.58. The maximum atomic E-state index is 5.00. The van der Waals surface area contributed by atoms with Crippen molar-refractivity contribution < 1.29 is 4.52 Å². The van der Waals surface area contributed by atoms with Gasteiger partial charge < -0.3 is 4.52 Å². The van der Waals surface area contributed by atoms with Crippen LogP contribution in [0.5, 0.6) is 0 Å². The van der Waals surface area contributed by atoms with Crippen molar-refractivity contribution in [3.05, 3.63) is 16.9 Å². The summed E-state index contributed by atoms with van der Waals surface area (Å²) in [5.74, 6) is 1.20. The Morgan fingerprint density at radius 1 is 1.42 bits per heavy atom. The van der Waals surface area contributed by atoms with Gasteiger partial charge in [-0.3, -0.25) is 0 Å². The molecule has 62 valence electrons. The summed E-state index contributed by atoms with van der Waals surface area (Å²) in [7, 11) is 0. The van der Waals surface area contributed by atoms with Crippen LogP contribution < -0.4 is 0 Å². The van der Waals surface area contributed by atoms with Gasteiger partial charge in [-0.05, 0) is 25.4 Å². The standard InChI is InChI=1S/C7H7N3OS/c1-4-6(3-12-10-4)7-8-5(2)9-11-7/h3H,1-2H3. The van der Waals surface area contributed by atoms with Gasteiger partial charge in [-0.1, -0.05) is 5.16 Å². The van der Waals surface area contributed by atoms with E-state index in [-0.39, 0.29) is 0 Å². The Kier molecular flexibility index (Phi) is 1.65. The molecule has 0 fully saturated rings. The van der Waals surface area contributed by atoms with Crippen LogP contribution in [-0.4, -0.2) is 14.5 Å². The molecule has 0 aliphatic heterocycles. The van der Waals surface area contributed by atoms with E-state index < -0.39 is 0 Å². The maximum Gasteiger partial charge on any atom is 0.260 e. The molecule has 0 N–H and O–H groups in total. The van der Waals surface area contributed by atoms with E-state index in [2.05, 4.69) is 14.5 Å². The smallest absolute Gasteiger partial charge is 0.260 e. The third kappa shape index (κ3) is 1.12. The molecule has 2 aromatic heterocycles. The first kappa shape index (κ1) is 7.42. The predicted molar refractivity (Wildman–Crippen MR) is 44.9 cm³/mol. The van der Waals surface area contributed by atoms with Crippen LogP contribution >= 0.6 is 11.5 Å². The van der Waals surface area contributed by atoms with Crippen molar-refractivity contribution in [2.75, 3.05) is 0 Å². The quantitative estimate of drug-likeness (QED) is 0.673. The Morgan fingerprint density at radius 2 is 2.25 bits per heavy atom. The third-order valence-corrected chi connectivity index (χ3v) is 2.23. The minimum Gasteiger partial charge on any atom is -0.334 e. The van der Waals surface area contributed by atoms with Crippen molar-refractivity contribution in [1.82, 2.24) is 14.5 Å². The molecule has 0 saturated heterocycles. The fraction of sp³-hybridized carbons (Fsp3) is 0.286. The molecule has 0 aliphatic rings. The van der Waals surface area contributed by atoms with Crippen molar-refractivity contribution >= 4 is 11.5 Å². The molecule has 2 heterocycles. The molecule has 0 amide bonds. The molecule has 4 nitrogen and oxygen atoms in total. The Bertz CT molecular complexity index is 393. The molecule has 0 bridgehead atoms. The molecule has 5 heteroatoms. The van der Waals surface area contributed by atoms with Crippen LogP contribution in [0.1, 0.15) is 11.5 Å². The molecule has 0 spiro atoms. The molecule has 0 atom stereocenters. The average molecular weight is 181 g/mol. The van der Waals surface area contributed by atoms with Crippen LogP contribution in [0.4, 0.5) is 0 Å². The zero-order valence-electron chi connectivity index (χ0n) is 6.74. The number of rotatable bonds is 1. The van der Waals surface area contributed by atoms with E-state index in [0.29, 0.717) is 11.7 Å². The fourth-order valence-electron chi connectivity index (χ4n) is 0.904. The summed E-state index contributed by atoms with van der Waals surface area (Å²) >= 11 is 1.39. The van der Waals surface area contributed by atoms with Crippen LogP contribution in [0.15, 0.2) is 9.90 Å². The van der Waals surface area contributed by atoms with Crippen molar-refractivity contribution in [1.29, 1.82) is 0 Å². The molecule has 0 radical (unpaired) electrons. The molecule has 0 saturated carbocycles. The monoisotopic (exact) mass is 181 g/mol. The first-order valence-corrected chi connectivity index (χ1v) is 4.32. The minimum absolute atomic E-state index is 0.554. The highest BCUT2D eigenvalue weighted by Gasteiger charge is 2.10. The molecule has 2 rings (SSSR count). The lowest BCUT2D eigenvalue weighted by Gasteiger charge is -1.86. The van der Waals surface area contributed by atoms with Crippen molar-refractivity contribution in [2.24, 2.45) is 0 Å². The second-order valence-electron chi connectivity index (χ2n) is 2.46. The zero-order valence-corrected chi connectivity index (χ0v) is 7.55. The predicted octanol–water partition coefficient (Wildman–Crippen LogP) is 1.81. The molecular formula is C7H7N3OS. The van der Waals surface area contributed by atoms with Crippen LogP contribution in [0.2, 0.25) is 0 Å². The zero-order chi connectivity index (χ0) is 8.55. The van der Waals surface area contributed by atoms with Crippen molar-refractivity contribution in [2.45, 2.75) is 13.8 Å². The van der Waals surface area contributed by atoms with Gasteiger partial charge >= 0.3 is 0 Å². The van der Waals surface area contributed by atoms with Crippen LogP contribution in [0, 0.1) is 13.8 Å². The lowest BCUT2D eigenvalue weighted by atomic mass is 10.3. The Balaban J connectivity index is 2.50. The Labute approximate surface area is 73.4 Å². The summed E-state index contributed by atoms with van der Waals surface area (Å²) in [6, 6.07) is 0. The summed E-state index contributed by atoms with van der Waals surface area (Å²) < 4.78 is 9.11. The van der Waals surface area contributed by atoms with E-state index in [1.54, 1.807) is 6.92 Å². The van der Waals surface area contributed by atoms with Gasteiger partial charge in [0.2, 0.25) is 0 Å². The molecule has 0 aliphatic carbocycles. The first-order valence-electron chi connectivity index (χ1n) is 3.49. The largest absolute Gasteiger partial charge is 0.334 e. The van der Waals surface area contributed by atoms with E-state index in [9.17, 15) is 0 Å². The van der Waals surface area contributed by atoms with E-state index in [4.69, 9.17) is 4.52 Å². The van der Waals surface area contributed by atoms with Crippen LogP contribution in [0.3, 0.4) is 0 Å². The van der Waals surface area contributed by atoms with Gasteiger partial charge in [0, 0.05) is 5.38 Å². The number of hydrogen-bond donors (Lipinski definition) is 0. The first-order chi connectivity index (χ1) is 5.77. The number of aryl methyl sites for hydroxylation is 2. The van der Waals surface area contributed by atoms with E-state index in [1.807, 2.05) is 12.3 Å². The van der Waals surface area contributed by atoms with E-state index >= 15 is 0 Å². The second-order valence-corrected chi connectivity index (χ2v) is 3.09. The Hall–Kier alpha value is -1.23. The van der Waals surface area contributed by atoms with E-state index in [0.717, 1.165) is 11.3 Å². The SMILES string of the molecule is Cc1noc(-c2csnc2C)n1. The summed E-state index contributed by atoms with van der Waals surface area (Å²) in [6.45, 7) is 3.72. The third-order valence-electron chi connectivity index (χ3n) is 1.51. The topological polar surface area (TPSA) is 51.8 Å². The van der Waals surface area contributed by atoms with Crippen LogP contribution in [0.25, 0.3) is 11.5 Å². The van der Waals surface area contributed by atoms with Crippen molar-refractivity contribution in [3.8, 4) is 11.5 Å². The molecule has 2 aromatic rings. The lowest BCUT2D eigenvalue weighted by Crippen LogP contribution is -1.78. The highest BCUT2D eigenvalue weighted by molar-refractivity contribution is 7.04. The van der Waals surface area contributed by atoms with Gasteiger partial charge in [0.25, 0.3) is 5.89 Å². The lowest BCUT2D eigenvalue weighted by molar-refractivity contribution is 0.425. The van der Waals surface area contributed by atoms with Gasteiger partial charge in [-0.2, -0.15) is 9.36 Å². The van der Waals surface area contributed by atoms with Gasteiger partial charge in [-0.15, -0.1) is 0 Å². The summed E-state index contributed by atoms with van der Waals surface area (Å²) in [5.41, 5.74) is 1.87. The van der Waals surface area contributed by atoms with Gasteiger partial charge in [0.1, 0.15) is 0 Å². The van der Waals surface area contributed by atoms with Crippen LogP contribution in [-0.2, 0) is 0 Å². The molecule has 12 heavy (non-hydrogen) atoms. The molecule has 0 aromatic carbocycles. The van der Waals surface area contributed by atoms with Gasteiger partial charge in [0.05, 0.1) is 11.3 Å². The summed E-state index contributed by atoms with van der Waals surface area (Å²) in [4.78, 5) is 4.10. The molecular weight excluding hydrogens is 174 g/mol. The number of aromatic nitrogens is 3. The second kappa shape index (κ2) is 2.67. The normalized spacial score (nSPS) is 10.5. The highest BCUT2D eigenvalue weighted by Crippen LogP contribution is 2.21. The van der Waals surface area contributed by atoms with Crippen molar-refractivity contribution in [3.63, 3.8) is 0 Å². The van der Waals surface area contributed by atoms with Gasteiger partial charge in [0.15, 0.2) is 5.82 Å². The summed E-state index contributed by atoms with van der Waals surface area (Å²) in [5, 5.41) is 5.61. The minimum atomic E-state index is 0.554. The fourth-order valence-corrected chi connectivity index (χ4v) is 1.59. The van der Waals surface area contributed by atoms with Gasteiger partial charge in [-0.25, -0.2) is 0 Å². The van der Waals surface area contributed by atoms with E-state index in [1.165, 1.54) is 11.5 Å². The number of hydrogen-bond acceptors (Lipinski definition) is 5. The maximum absolute atomic E-state index is 5.00. The molecule has 0 unspecified atom stereocenters. The summed E-state index contributed by atoms with van der Waals surface area (Å²) in [6.07, 6.45) is 0. The number of nitrogens with zero attached hydrogens (tertiary/aromatic N) is 3. The Morgan fingerprint density at radius 3 is 2.75 bits per heavy atom.